The van der Waals surface area contributed by atoms with Gasteiger partial charge in [0.1, 0.15) is 0 Å². The Labute approximate surface area is 107 Å². The largest absolute Gasteiger partial charge is 0.374 e. The molecule has 2 heterocycles. The summed E-state index contributed by atoms with van der Waals surface area (Å²) in [7, 11) is 2.05. The molecule has 0 radical (unpaired) electrons. The van der Waals surface area contributed by atoms with Crippen molar-refractivity contribution < 1.29 is 0 Å². The van der Waals surface area contributed by atoms with Crippen LogP contribution in [0.5, 0.6) is 0 Å². The highest BCUT2D eigenvalue weighted by Crippen LogP contribution is 2.20. The molecular weight excluding hydrogens is 234 g/mol. The molecule has 1 aliphatic rings. The maximum absolute atomic E-state index is 5.57. The standard InChI is InChI=1S/C11H21N5S/c1-15(11-14-13-10(12)17-11)6-5-9-16-7-3-2-4-8-16/h2-9H2,1H3,(H2,12,13). The minimum Gasteiger partial charge on any atom is -0.374 e. The van der Waals surface area contributed by atoms with Crippen molar-refractivity contribution in [1.82, 2.24) is 15.1 Å². The summed E-state index contributed by atoms with van der Waals surface area (Å²) in [5, 5.41) is 9.33. The second-order valence-corrected chi connectivity index (χ2v) is 5.59. The van der Waals surface area contributed by atoms with E-state index in [4.69, 9.17) is 5.73 Å². The van der Waals surface area contributed by atoms with Crippen LogP contribution in [0.1, 0.15) is 25.7 Å². The summed E-state index contributed by atoms with van der Waals surface area (Å²) in [5.74, 6) is 0. The third-order valence-electron chi connectivity index (χ3n) is 3.17. The molecule has 1 aromatic heterocycles. The molecule has 0 unspecified atom stereocenters. The molecule has 6 heteroatoms. The zero-order valence-electron chi connectivity index (χ0n) is 10.4. The van der Waals surface area contributed by atoms with Crippen LogP contribution in [0.15, 0.2) is 0 Å². The van der Waals surface area contributed by atoms with E-state index in [1.807, 2.05) is 0 Å². The van der Waals surface area contributed by atoms with Gasteiger partial charge in [0.05, 0.1) is 0 Å². The van der Waals surface area contributed by atoms with Crippen molar-refractivity contribution in [1.29, 1.82) is 0 Å². The van der Waals surface area contributed by atoms with Crippen molar-refractivity contribution in [2.75, 3.05) is 43.9 Å². The smallest absolute Gasteiger partial charge is 0.209 e. The molecule has 0 bridgehead atoms. The van der Waals surface area contributed by atoms with Gasteiger partial charge in [-0.05, 0) is 38.9 Å². The van der Waals surface area contributed by atoms with Crippen LogP contribution in [0, 0.1) is 0 Å². The Morgan fingerprint density at radius 2 is 2.06 bits per heavy atom. The maximum atomic E-state index is 5.57. The molecule has 0 aliphatic carbocycles. The van der Waals surface area contributed by atoms with E-state index in [1.54, 1.807) is 0 Å². The minimum atomic E-state index is 0.544. The molecule has 1 aromatic rings. The highest BCUT2D eigenvalue weighted by atomic mass is 32.1. The van der Waals surface area contributed by atoms with Gasteiger partial charge >= 0.3 is 0 Å². The molecule has 96 valence electrons. The fraction of sp³-hybridized carbons (Fsp3) is 0.818. The average Bonchev–Trinajstić information content (AvgIpc) is 2.77. The monoisotopic (exact) mass is 255 g/mol. The van der Waals surface area contributed by atoms with Gasteiger partial charge in [-0.25, -0.2) is 0 Å². The first kappa shape index (κ1) is 12.6. The molecule has 1 aliphatic heterocycles. The lowest BCUT2D eigenvalue weighted by Crippen LogP contribution is -2.32. The second-order valence-electron chi connectivity index (χ2n) is 4.60. The molecular formula is C11H21N5S. The van der Waals surface area contributed by atoms with E-state index in [2.05, 4.69) is 27.0 Å². The summed E-state index contributed by atoms with van der Waals surface area (Å²) in [6, 6.07) is 0. The number of rotatable bonds is 5. The third kappa shape index (κ3) is 3.81. The molecule has 1 fully saturated rings. The summed E-state index contributed by atoms with van der Waals surface area (Å²) in [6.07, 6.45) is 5.31. The minimum absolute atomic E-state index is 0.544. The molecule has 2 rings (SSSR count). The van der Waals surface area contributed by atoms with Crippen LogP contribution in [0.2, 0.25) is 0 Å². The number of aromatic nitrogens is 2. The Morgan fingerprint density at radius 3 is 2.71 bits per heavy atom. The van der Waals surface area contributed by atoms with Gasteiger partial charge in [0.2, 0.25) is 10.3 Å². The van der Waals surface area contributed by atoms with E-state index in [9.17, 15) is 0 Å². The molecule has 0 amide bonds. The lowest BCUT2D eigenvalue weighted by atomic mass is 10.1. The molecule has 0 atom stereocenters. The first-order chi connectivity index (χ1) is 8.25. The number of piperidine rings is 1. The molecule has 2 N–H and O–H groups in total. The number of nitrogen functional groups attached to an aromatic ring is 1. The highest BCUT2D eigenvalue weighted by Gasteiger charge is 2.11. The fourth-order valence-corrected chi connectivity index (χ4v) is 2.79. The summed E-state index contributed by atoms with van der Waals surface area (Å²) in [4.78, 5) is 4.70. The van der Waals surface area contributed by atoms with Crippen molar-refractivity contribution in [3.05, 3.63) is 0 Å². The van der Waals surface area contributed by atoms with E-state index in [1.165, 1.54) is 56.7 Å². The van der Waals surface area contributed by atoms with Gasteiger partial charge in [-0.15, -0.1) is 10.2 Å². The summed E-state index contributed by atoms with van der Waals surface area (Å²) < 4.78 is 0. The first-order valence-electron chi connectivity index (χ1n) is 6.28. The Balaban J connectivity index is 1.67. The molecule has 0 saturated carbocycles. The zero-order chi connectivity index (χ0) is 12.1. The van der Waals surface area contributed by atoms with Crippen molar-refractivity contribution in [3.8, 4) is 0 Å². The van der Waals surface area contributed by atoms with Crippen LogP contribution in [0.3, 0.4) is 0 Å². The summed E-state index contributed by atoms with van der Waals surface area (Å²) >= 11 is 1.45. The fourth-order valence-electron chi connectivity index (χ4n) is 2.19. The van der Waals surface area contributed by atoms with Crippen LogP contribution in [0.4, 0.5) is 10.3 Å². The second kappa shape index (κ2) is 6.16. The highest BCUT2D eigenvalue weighted by molar-refractivity contribution is 7.18. The molecule has 0 aromatic carbocycles. The zero-order valence-corrected chi connectivity index (χ0v) is 11.2. The Bertz CT molecular complexity index is 334. The Kier molecular flexibility index (Phi) is 4.56. The number of hydrogen-bond donors (Lipinski definition) is 1. The molecule has 1 saturated heterocycles. The Hall–Kier alpha value is -0.880. The van der Waals surface area contributed by atoms with Gasteiger partial charge in [0.15, 0.2) is 0 Å². The van der Waals surface area contributed by atoms with Crippen molar-refractivity contribution >= 4 is 21.6 Å². The van der Waals surface area contributed by atoms with Crippen molar-refractivity contribution in [2.24, 2.45) is 0 Å². The van der Waals surface area contributed by atoms with Gasteiger partial charge in [0, 0.05) is 13.6 Å². The van der Waals surface area contributed by atoms with E-state index in [0.717, 1.165) is 11.7 Å². The van der Waals surface area contributed by atoms with E-state index >= 15 is 0 Å². The third-order valence-corrected chi connectivity index (χ3v) is 4.04. The molecule has 0 spiro atoms. The van der Waals surface area contributed by atoms with Crippen molar-refractivity contribution in [2.45, 2.75) is 25.7 Å². The van der Waals surface area contributed by atoms with Gasteiger partial charge in [-0.3, -0.25) is 0 Å². The number of likely N-dealkylation sites (tertiary alicyclic amines) is 1. The number of nitrogens with two attached hydrogens (primary N) is 1. The van der Waals surface area contributed by atoms with Crippen LogP contribution in [-0.2, 0) is 0 Å². The van der Waals surface area contributed by atoms with E-state index < -0.39 is 0 Å². The van der Waals surface area contributed by atoms with Gasteiger partial charge in [-0.2, -0.15) is 0 Å². The van der Waals surface area contributed by atoms with Crippen LogP contribution < -0.4 is 10.6 Å². The quantitative estimate of drug-likeness (QED) is 0.862. The van der Waals surface area contributed by atoms with E-state index in [-0.39, 0.29) is 0 Å². The lowest BCUT2D eigenvalue weighted by molar-refractivity contribution is 0.227. The molecule has 5 nitrogen and oxygen atoms in total. The average molecular weight is 255 g/mol. The normalized spacial score (nSPS) is 17.2. The first-order valence-corrected chi connectivity index (χ1v) is 7.10. The lowest BCUT2D eigenvalue weighted by Gasteiger charge is -2.27. The SMILES string of the molecule is CN(CCCN1CCCCC1)c1nnc(N)s1. The predicted octanol–water partition coefficient (Wildman–Crippen LogP) is 1.43. The summed E-state index contributed by atoms with van der Waals surface area (Å²) in [6.45, 7) is 4.76. The van der Waals surface area contributed by atoms with Crippen LogP contribution >= 0.6 is 11.3 Å². The number of anilines is 2. The van der Waals surface area contributed by atoms with E-state index in [0.29, 0.717) is 5.13 Å². The van der Waals surface area contributed by atoms with Crippen LogP contribution in [0.25, 0.3) is 0 Å². The topological polar surface area (TPSA) is 58.3 Å². The van der Waals surface area contributed by atoms with Crippen molar-refractivity contribution in [3.63, 3.8) is 0 Å². The van der Waals surface area contributed by atoms with Gasteiger partial charge in [-0.1, -0.05) is 17.8 Å². The molecule has 17 heavy (non-hydrogen) atoms. The van der Waals surface area contributed by atoms with Gasteiger partial charge in [0.25, 0.3) is 0 Å². The van der Waals surface area contributed by atoms with Gasteiger partial charge < -0.3 is 15.5 Å². The predicted molar refractivity (Wildman–Crippen MR) is 72.5 cm³/mol. The van der Waals surface area contributed by atoms with Crippen LogP contribution in [-0.4, -0.2) is 48.3 Å². The Morgan fingerprint density at radius 1 is 1.29 bits per heavy atom. The maximum Gasteiger partial charge on any atom is 0.209 e. The number of hydrogen-bond acceptors (Lipinski definition) is 6. The summed E-state index contributed by atoms with van der Waals surface area (Å²) in [5.41, 5.74) is 5.57. The number of nitrogens with zero attached hydrogens (tertiary/aromatic N) is 4.